The number of hydrogen-bond acceptors (Lipinski definition) is 6. The van der Waals surface area contributed by atoms with Crippen LogP contribution in [0.4, 0.5) is 4.79 Å². The van der Waals surface area contributed by atoms with Crippen molar-refractivity contribution in [2.75, 3.05) is 19.6 Å². The molecule has 2 unspecified atom stereocenters. The molecule has 0 aliphatic carbocycles. The molecule has 0 aromatic heterocycles. The van der Waals surface area contributed by atoms with Crippen LogP contribution in [0.3, 0.4) is 0 Å². The van der Waals surface area contributed by atoms with Gasteiger partial charge in [0, 0.05) is 19.6 Å². The Labute approximate surface area is 149 Å². The first-order valence-electron chi connectivity index (χ1n) is 7.80. The SMILES string of the molecule is N=C(N)N1CC(C(=O)N=C(N)C2CCC3CN2C(=O)N3OS(=O)(=O)O)C1. The maximum atomic E-state index is 12.3. The molecule has 13 nitrogen and oxygen atoms in total. The third-order valence-electron chi connectivity index (χ3n) is 4.65. The van der Waals surface area contributed by atoms with Gasteiger partial charge in [0.1, 0.15) is 5.84 Å². The fourth-order valence-electron chi connectivity index (χ4n) is 3.26. The predicted molar refractivity (Wildman–Crippen MR) is 87.0 cm³/mol. The van der Waals surface area contributed by atoms with Crippen LogP contribution in [0, 0.1) is 11.3 Å². The molecule has 0 aromatic carbocycles. The number of aliphatic imine (C=N–C) groups is 1. The summed E-state index contributed by atoms with van der Waals surface area (Å²) in [5.74, 6) is -1.04. The number of amides is 3. The van der Waals surface area contributed by atoms with Crippen LogP contribution in [-0.2, 0) is 19.5 Å². The second-order valence-corrected chi connectivity index (χ2v) is 7.38. The number of rotatable bonds is 4. The van der Waals surface area contributed by atoms with E-state index < -0.39 is 40.3 Å². The van der Waals surface area contributed by atoms with Crippen LogP contribution in [-0.4, -0.2) is 83.3 Å². The maximum Gasteiger partial charge on any atom is 0.418 e. The highest BCUT2D eigenvalue weighted by molar-refractivity contribution is 7.80. The zero-order chi connectivity index (χ0) is 19.2. The monoisotopic (exact) mass is 389 g/mol. The fourth-order valence-corrected chi connectivity index (χ4v) is 3.65. The summed E-state index contributed by atoms with van der Waals surface area (Å²) in [6, 6.07) is -1.98. The minimum absolute atomic E-state index is 0.0446. The summed E-state index contributed by atoms with van der Waals surface area (Å²) in [5, 5.41) is 7.85. The van der Waals surface area contributed by atoms with Crippen molar-refractivity contribution in [2.24, 2.45) is 22.4 Å². The smallest absolute Gasteiger partial charge is 0.385 e. The van der Waals surface area contributed by atoms with Gasteiger partial charge >= 0.3 is 16.4 Å². The molecule has 26 heavy (non-hydrogen) atoms. The molecule has 3 amide bonds. The van der Waals surface area contributed by atoms with E-state index in [-0.39, 0.29) is 31.4 Å². The van der Waals surface area contributed by atoms with Crippen molar-refractivity contribution in [1.82, 2.24) is 14.9 Å². The molecule has 3 aliphatic heterocycles. The van der Waals surface area contributed by atoms with Gasteiger partial charge in [0.2, 0.25) is 0 Å². The highest BCUT2D eigenvalue weighted by atomic mass is 32.3. The molecule has 3 aliphatic rings. The van der Waals surface area contributed by atoms with Crippen LogP contribution in [0.2, 0.25) is 0 Å². The number of carbonyl (C=O) groups is 2. The van der Waals surface area contributed by atoms with E-state index in [2.05, 4.69) is 9.28 Å². The van der Waals surface area contributed by atoms with Crippen LogP contribution >= 0.6 is 0 Å². The van der Waals surface area contributed by atoms with Crippen LogP contribution in [0.15, 0.2) is 4.99 Å². The van der Waals surface area contributed by atoms with E-state index in [1.54, 1.807) is 0 Å². The fraction of sp³-hybridized carbons (Fsp3) is 0.667. The zero-order valence-electron chi connectivity index (χ0n) is 13.6. The molecule has 2 bridgehead atoms. The Hall–Kier alpha value is -2.45. The summed E-state index contributed by atoms with van der Waals surface area (Å²) in [7, 11) is -4.82. The number of nitrogens with one attached hydrogen (secondary N) is 1. The van der Waals surface area contributed by atoms with Gasteiger partial charge in [0.05, 0.1) is 18.0 Å². The Bertz CT molecular complexity index is 777. The van der Waals surface area contributed by atoms with Crippen molar-refractivity contribution in [3.8, 4) is 0 Å². The molecule has 3 fully saturated rings. The van der Waals surface area contributed by atoms with Gasteiger partial charge in [-0.15, -0.1) is 4.28 Å². The van der Waals surface area contributed by atoms with E-state index in [0.29, 0.717) is 17.9 Å². The summed E-state index contributed by atoms with van der Waals surface area (Å²) < 4.78 is 34.8. The van der Waals surface area contributed by atoms with E-state index in [1.807, 2.05) is 0 Å². The molecule has 0 radical (unpaired) electrons. The zero-order valence-corrected chi connectivity index (χ0v) is 14.4. The van der Waals surface area contributed by atoms with E-state index >= 15 is 0 Å². The number of amidine groups is 1. The maximum absolute atomic E-state index is 12.3. The van der Waals surface area contributed by atoms with Crippen molar-refractivity contribution in [3.05, 3.63) is 0 Å². The second-order valence-electron chi connectivity index (χ2n) is 6.37. The summed E-state index contributed by atoms with van der Waals surface area (Å²) in [5.41, 5.74) is 11.2. The number of guanidine groups is 1. The lowest BCUT2D eigenvalue weighted by atomic mass is 9.98. The van der Waals surface area contributed by atoms with Crippen molar-refractivity contribution >= 4 is 34.1 Å². The Balaban J connectivity index is 1.66. The summed E-state index contributed by atoms with van der Waals surface area (Å²) in [4.78, 5) is 31.1. The van der Waals surface area contributed by atoms with Gasteiger partial charge in [-0.3, -0.25) is 14.8 Å². The van der Waals surface area contributed by atoms with Gasteiger partial charge in [0.25, 0.3) is 5.91 Å². The van der Waals surface area contributed by atoms with E-state index in [9.17, 15) is 18.0 Å². The van der Waals surface area contributed by atoms with E-state index in [0.717, 1.165) is 0 Å². The molecule has 3 saturated heterocycles. The highest BCUT2D eigenvalue weighted by Crippen LogP contribution is 2.31. The van der Waals surface area contributed by atoms with Gasteiger partial charge < -0.3 is 21.3 Å². The van der Waals surface area contributed by atoms with Gasteiger partial charge in [-0.05, 0) is 12.8 Å². The lowest BCUT2D eigenvalue weighted by Gasteiger charge is -2.37. The minimum atomic E-state index is -4.82. The number of likely N-dealkylation sites (tertiary alicyclic amines) is 1. The summed E-state index contributed by atoms with van der Waals surface area (Å²) >= 11 is 0. The van der Waals surface area contributed by atoms with Crippen molar-refractivity contribution in [2.45, 2.75) is 24.9 Å². The predicted octanol–water partition coefficient (Wildman–Crippen LogP) is -2.30. The molecule has 3 heterocycles. The quantitative estimate of drug-likeness (QED) is 0.232. The Kier molecular flexibility index (Phi) is 4.49. The standard InChI is InChI=1S/C12H19N7O6S/c13-9(16-10(20)6-3-17(4-6)11(14)15)8-2-1-7-5-18(8)12(21)19(7)25-26(22,23)24/h6-8H,1-5H2,(H3,14,15)(H2,13,16,20)(H,22,23,24). The molecule has 0 aromatic rings. The van der Waals surface area contributed by atoms with Crippen LogP contribution in [0.5, 0.6) is 0 Å². The lowest BCUT2D eigenvalue weighted by molar-refractivity contribution is -0.125. The van der Waals surface area contributed by atoms with Crippen LogP contribution in [0.25, 0.3) is 0 Å². The van der Waals surface area contributed by atoms with Crippen LogP contribution in [0.1, 0.15) is 12.8 Å². The van der Waals surface area contributed by atoms with E-state index in [4.69, 9.17) is 21.4 Å². The third kappa shape index (κ3) is 3.42. The summed E-state index contributed by atoms with van der Waals surface area (Å²) in [6.07, 6.45) is 0.739. The number of fused-ring (bicyclic) bond motifs is 2. The first-order valence-corrected chi connectivity index (χ1v) is 9.17. The molecular weight excluding hydrogens is 370 g/mol. The second kappa shape index (κ2) is 6.37. The molecule has 0 saturated carbocycles. The number of hydroxylamine groups is 2. The Morgan fingerprint density at radius 2 is 1.92 bits per heavy atom. The first-order chi connectivity index (χ1) is 12.1. The lowest BCUT2D eigenvalue weighted by Crippen LogP contribution is -2.55. The number of nitrogens with two attached hydrogens (primary N) is 2. The number of nitrogens with zero attached hydrogens (tertiary/aromatic N) is 4. The highest BCUT2D eigenvalue weighted by Gasteiger charge is 2.48. The van der Waals surface area contributed by atoms with Crippen molar-refractivity contribution in [3.63, 3.8) is 0 Å². The number of urea groups is 1. The molecular formula is C12H19N7O6S. The van der Waals surface area contributed by atoms with Crippen molar-refractivity contribution in [1.29, 1.82) is 5.41 Å². The normalized spacial score (nSPS) is 26.9. The summed E-state index contributed by atoms with van der Waals surface area (Å²) in [6.45, 7) is 0.720. The molecule has 144 valence electrons. The third-order valence-corrected chi connectivity index (χ3v) is 5.00. The molecule has 0 spiro atoms. The van der Waals surface area contributed by atoms with Gasteiger partial charge in [-0.2, -0.15) is 18.5 Å². The Morgan fingerprint density at radius 3 is 2.50 bits per heavy atom. The van der Waals surface area contributed by atoms with Crippen molar-refractivity contribution < 1.29 is 26.8 Å². The molecule has 14 heteroatoms. The largest absolute Gasteiger partial charge is 0.418 e. The molecule has 6 N–H and O–H groups in total. The van der Waals surface area contributed by atoms with Crippen LogP contribution < -0.4 is 11.5 Å². The first kappa shape index (κ1) is 18.3. The average Bonchev–Trinajstić information content (AvgIpc) is 2.69. The minimum Gasteiger partial charge on any atom is -0.385 e. The topological polar surface area (TPSA) is 196 Å². The molecule has 2 atom stereocenters. The van der Waals surface area contributed by atoms with Gasteiger partial charge in [0.15, 0.2) is 5.96 Å². The molecule has 3 rings (SSSR count). The van der Waals surface area contributed by atoms with E-state index in [1.165, 1.54) is 9.80 Å². The number of carbonyl (C=O) groups excluding carboxylic acids is 2. The van der Waals surface area contributed by atoms with Gasteiger partial charge in [-0.1, -0.05) is 0 Å². The van der Waals surface area contributed by atoms with Gasteiger partial charge in [-0.25, -0.2) is 4.79 Å². The number of hydrogen-bond donors (Lipinski definition) is 4. The Morgan fingerprint density at radius 1 is 1.27 bits per heavy atom. The number of piperidine rings is 1. The average molecular weight is 389 g/mol.